The van der Waals surface area contributed by atoms with Gasteiger partial charge in [0, 0.05) is 6.92 Å². The van der Waals surface area contributed by atoms with Gasteiger partial charge in [-0.05, 0) is 25.0 Å². The zero-order valence-electron chi connectivity index (χ0n) is 21.8. The van der Waals surface area contributed by atoms with Crippen LogP contribution in [0.4, 0.5) is 0 Å². The monoisotopic (exact) mass is 721 g/mol. The fourth-order valence-corrected chi connectivity index (χ4v) is 3.11. The van der Waals surface area contributed by atoms with Gasteiger partial charge in [0.25, 0.3) is 0 Å². The van der Waals surface area contributed by atoms with Gasteiger partial charge in [0.2, 0.25) is 0 Å². The number of carboxylic acid groups (broad SMARTS) is 4. The summed E-state index contributed by atoms with van der Waals surface area (Å²) in [5.41, 5.74) is 14.6. The van der Waals surface area contributed by atoms with E-state index in [-0.39, 0.29) is 50.4 Å². The first kappa shape index (κ1) is 39.7. The number of ether oxygens (including phenoxy) is 1. The number of esters is 1. The van der Waals surface area contributed by atoms with Crippen molar-refractivity contribution in [1.29, 1.82) is 0 Å². The van der Waals surface area contributed by atoms with Crippen LogP contribution in [0.2, 0.25) is 0 Å². The largest absolute Gasteiger partial charge is 2.00 e. The Morgan fingerprint density at radius 3 is 1.58 bits per heavy atom. The Hall–Kier alpha value is -2.82. The second-order valence-corrected chi connectivity index (χ2v) is 8.12. The number of nitrogens with one attached hydrogen (secondary N) is 2. The summed E-state index contributed by atoms with van der Waals surface area (Å²) in [7, 11) is 0. The number of para-hydroxylation sites is 1. The molecule has 0 saturated heterocycles. The van der Waals surface area contributed by atoms with Gasteiger partial charge in [-0.3, -0.25) is 9.59 Å². The maximum atomic E-state index is 10.6. The van der Waals surface area contributed by atoms with E-state index in [9.17, 15) is 14.4 Å². The second-order valence-electron chi connectivity index (χ2n) is 8.12. The number of hydrogen-bond donors (Lipinski definition) is 4. The third kappa shape index (κ3) is 20.3. The summed E-state index contributed by atoms with van der Waals surface area (Å²) in [6.45, 7) is 5.26. The molecule has 6 N–H and O–H groups in total. The van der Waals surface area contributed by atoms with Crippen LogP contribution >= 0.6 is 0 Å². The van der Waals surface area contributed by atoms with Crippen LogP contribution in [-0.2, 0) is 40.2 Å². The molecule has 2 unspecified atom stereocenters. The van der Waals surface area contributed by atoms with Gasteiger partial charge in [0.1, 0.15) is 11.3 Å². The van der Waals surface area contributed by atoms with Crippen molar-refractivity contribution in [3.05, 3.63) is 41.3 Å². The Bertz CT molecular complexity index is 838. The van der Waals surface area contributed by atoms with E-state index >= 15 is 0 Å². The van der Waals surface area contributed by atoms with Crippen molar-refractivity contribution in [2.45, 2.75) is 84.2 Å². The van der Waals surface area contributed by atoms with Crippen molar-refractivity contribution in [3.8, 4) is 5.75 Å². The fourth-order valence-electron chi connectivity index (χ4n) is 3.11. The molecule has 12 nitrogen and oxygen atoms in total. The van der Waals surface area contributed by atoms with E-state index < -0.39 is 29.8 Å². The van der Waals surface area contributed by atoms with Crippen LogP contribution in [0.1, 0.15) is 82.5 Å². The molecular weight excluding hydrogens is 683 g/mol. The van der Waals surface area contributed by atoms with Gasteiger partial charge >= 0.3 is 50.9 Å². The Balaban J connectivity index is -0.000000443. The van der Waals surface area contributed by atoms with Gasteiger partial charge in [-0.15, -0.1) is 0 Å². The molecule has 0 radical (unpaired) electrons. The molecule has 1 aliphatic carbocycles. The molecule has 0 aromatic heterocycles. The third-order valence-corrected chi connectivity index (χ3v) is 4.94. The minimum Gasteiger partial charge on any atom is -0.676 e. The van der Waals surface area contributed by atoms with E-state index in [0.717, 1.165) is 38.5 Å². The van der Waals surface area contributed by atoms with Crippen molar-refractivity contribution < 1.29 is 70.2 Å². The molecule has 38 heavy (non-hydrogen) atoms. The summed E-state index contributed by atoms with van der Waals surface area (Å²) in [5, 5.41) is 32.1. The van der Waals surface area contributed by atoms with E-state index in [0.29, 0.717) is 0 Å². The van der Waals surface area contributed by atoms with E-state index in [2.05, 4.69) is 4.74 Å². The van der Waals surface area contributed by atoms with Gasteiger partial charge in [-0.2, -0.15) is 12.1 Å². The van der Waals surface area contributed by atoms with E-state index in [1.165, 1.54) is 31.9 Å². The summed E-state index contributed by atoms with van der Waals surface area (Å²) in [6, 6.07) is 5.82. The summed E-state index contributed by atoms with van der Waals surface area (Å²) in [5.74, 6) is -5.96. The summed E-state index contributed by atoms with van der Waals surface area (Å²) < 4.78 is 4.69. The number of benzene rings is 1. The van der Waals surface area contributed by atoms with Crippen LogP contribution in [0.5, 0.6) is 5.75 Å². The van der Waals surface area contributed by atoms with Crippen LogP contribution in [0.25, 0.3) is 11.5 Å². The Morgan fingerprint density at radius 2 is 1.29 bits per heavy atom. The molecule has 0 bridgehead atoms. The molecule has 0 amide bonds. The summed E-state index contributed by atoms with van der Waals surface area (Å²) in [6.07, 6.45) is 7.83. The molecule has 1 fully saturated rings. The van der Waals surface area contributed by atoms with Crippen LogP contribution in [0, 0.1) is 5.92 Å². The molecule has 1 aromatic rings. The minimum absolute atomic E-state index is 0. The quantitative estimate of drug-likeness (QED) is 0.165. The minimum atomic E-state index is -1.82. The zero-order valence-corrected chi connectivity index (χ0v) is 24.0. The predicted molar refractivity (Wildman–Crippen MR) is 136 cm³/mol. The third-order valence-electron chi connectivity index (χ3n) is 4.94. The van der Waals surface area contributed by atoms with E-state index in [1.54, 1.807) is 12.1 Å². The normalized spacial score (nSPS) is 15.4. The smallest absolute Gasteiger partial charge is 0.676 e. The van der Waals surface area contributed by atoms with Crippen LogP contribution < -0.4 is 4.74 Å². The van der Waals surface area contributed by atoms with Crippen LogP contribution in [-0.4, -0.2) is 62.4 Å². The van der Waals surface area contributed by atoms with Gasteiger partial charge in [-0.1, -0.05) is 64.5 Å². The van der Waals surface area contributed by atoms with Gasteiger partial charge in [0.15, 0.2) is 0 Å². The molecule has 218 valence electrons. The molecule has 1 aliphatic rings. The van der Waals surface area contributed by atoms with Crippen LogP contribution in [0.3, 0.4) is 0 Å². The van der Waals surface area contributed by atoms with Crippen molar-refractivity contribution >= 4 is 29.8 Å². The Morgan fingerprint density at radius 1 is 0.868 bits per heavy atom. The van der Waals surface area contributed by atoms with Gasteiger partial charge in [0.05, 0.1) is 5.92 Å². The van der Waals surface area contributed by atoms with E-state index in [4.69, 9.17) is 41.5 Å². The van der Waals surface area contributed by atoms with Crippen molar-refractivity contribution in [2.24, 2.45) is 5.92 Å². The molecule has 0 heterocycles. The number of hydrogen-bond acceptors (Lipinski definition) is 6. The molecular formula is C25H38N2O10Pt. The first-order chi connectivity index (χ1) is 17.3. The summed E-state index contributed by atoms with van der Waals surface area (Å²) in [4.78, 5) is 49.9. The van der Waals surface area contributed by atoms with E-state index in [1.807, 2.05) is 13.8 Å². The SMILES string of the molecule is CC(=O)Oc1ccccc1C(=O)O.CCCC(CCC)C(=O)O.O=C(O)C(=O)O.[NH-]C1CCCCC1[NH-].[Pt+2]. The maximum absolute atomic E-state index is 10.6. The van der Waals surface area contributed by atoms with Crippen molar-refractivity contribution in [1.82, 2.24) is 0 Å². The van der Waals surface area contributed by atoms with Crippen LogP contribution in [0.15, 0.2) is 24.3 Å². The molecule has 13 heteroatoms. The number of carboxylic acids is 4. The number of aromatic carboxylic acids is 1. The summed E-state index contributed by atoms with van der Waals surface area (Å²) >= 11 is 0. The zero-order chi connectivity index (χ0) is 29.0. The molecule has 1 aromatic carbocycles. The fraction of sp³-hybridized carbons (Fsp3) is 0.560. The standard InChI is InChI=1S/C9H8O4.C8H16O2.C6H12N2.C2H2O4.Pt/c1-6(10)13-8-5-3-2-4-7(8)9(11)12;1-3-5-7(6-4-2)8(9)10;7-5-3-1-2-4-6(5)8;3-1(4)2(5)6;/h2-5H,1H3,(H,11,12);7H,3-6H2,1-2H3,(H,9,10);5-8H,1-4H2;(H,3,4)(H,5,6);/q;;-2;;+2. The molecule has 1 saturated carbocycles. The first-order valence-corrected chi connectivity index (χ1v) is 11.9. The second kappa shape index (κ2) is 23.3. The van der Waals surface area contributed by atoms with Gasteiger partial charge < -0.3 is 36.6 Å². The molecule has 2 atom stereocenters. The van der Waals surface area contributed by atoms with Crippen molar-refractivity contribution in [3.63, 3.8) is 0 Å². The Labute approximate surface area is 237 Å². The number of carbonyl (C=O) groups excluding carboxylic acids is 1. The molecule has 2 rings (SSSR count). The first-order valence-electron chi connectivity index (χ1n) is 11.9. The topological polar surface area (TPSA) is 223 Å². The average molecular weight is 722 g/mol. The predicted octanol–water partition coefficient (Wildman–Crippen LogP) is 5.15. The molecule has 0 aliphatic heterocycles. The number of rotatable bonds is 7. The number of aliphatic carboxylic acids is 3. The maximum Gasteiger partial charge on any atom is 2.00 e. The van der Waals surface area contributed by atoms with Crippen molar-refractivity contribution in [2.75, 3.05) is 0 Å². The van der Waals surface area contributed by atoms with Gasteiger partial charge in [-0.25, -0.2) is 14.4 Å². The Kier molecular flexibility index (Phi) is 24.3. The average Bonchev–Trinajstić information content (AvgIpc) is 2.82. The molecule has 0 spiro atoms. The number of carbonyl (C=O) groups is 5.